The predicted octanol–water partition coefficient (Wildman–Crippen LogP) is 8.26. The van der Waals surface area contributed by atoms with Crippen molar-refractivity contribution in [1.82, 2.24) is 0 Å². The molecule has 0 radical (unpaired) electrons. The molecule has 158 valence electrons. The number of hydrogen-bond donors (Lipinski definition) is 1. The molecule has 1 heterocycles. The summed E-state index contributed by atoms with van der Waals surface area (Å²) in [5.74, 6) is 0. The van der Waals surface area contributed by atoms with Crippen molar-refractivity contribution in [3.63, 3.8) is 0 Å². The SMILES string of the molecule is c1ccc(Nc2cc(N(c3ccccc3)c3ccccc3)c3c(c2)[se]c2ccccc23)cc1. The first-order chi connectivity index (χ1) is 16.4. The van der Waals surface area contributed by atoms with Gasteiger partial charge in [0.05, 0.1) is 0 Å². The quantitative estimate of drug-likeness (QED) is 0.245. The first-order valence-electron chi connectivity index (χ1n) is 11.0. The zero-order chi connectivity index (χ0) is 22.0. The van der Waals surface area contributed by atoms with E-state index in [1.807, 2.05) is 6.07 Å². The number of benzene rings is 5. The summed E-state index contributed by atoms with van der Waals surface area (Å²) < 4.78 is 2.86. The molecule has 0 unspecified atom stereocenters. The third kappa shape index (κ3) is 3.82. The van der Waals surface area contributed by atoms with Crippen molar-refractivity contribution >= 4 is 62.2 Å². The van der Waals surface area contributed by atoms with Crippen molar-refractivity contribution in [2.45, 2.75) is 0 Å². The van der Waals surface area contributed by atoms with Gasteiger partial charge in [-0.3, -0.25) is 0 Å². The van der Waals surface area contributed by atoms with Crippen LogP contribution in [0.4, 0.5) is 28.4 Å². The third-order valence-electron chi connectivity index (χ3n) is 5.79. The molecule has 0 fully saturated rings. The molecule has 0 aliphatic carbocycles. The zero-order valence-corrected chi connectivity index (χ0v) is 19.7. The Morgan fingerprint density at radius 3 is 1.76 bits per heavy atom. The maximum absolute atomic E-state index is 3.64. The van der Waals surface area contributed by atoms with E-state index in [-0.39, 0.29) is 14.5 Å². The second-order valence-electron chi connectivity index (χ2n) is 7.96. The molecule has 3 heteroatoms. The van der Waals surface area contributed by atoms with Gasteiger partial charge in [0.15, 0.2) is 0 Å². The van der Waals surface area contributed by atoms with E-state index in [1.54, 1.807) is 0 Å². The summed E-state index contributed by atoms with van der Waals surface area (Å²) in [6.07, 6.45) is 0. The van der Waals surface area contributed by atoms with Gasteiger partial charge in [-0.25, -0.2) is 0 Å². The summed E-state index contributed by atoms with van der Waals surface area (Å²) in [6, 6.07) is 45.2. The number of rotatable bonds is 5. The van der Waals surface area contributed by atoms with Crippen LogP contribution < -0.4 is 10.2 Å². The number of hydrogen-bond acceptors (Lipinski definition) is 2. The Balaban J connectivity index is 1.64. The summed E-state index contributed by atoms with van der Waals surface area (Å²) >= 11 is 0.272. The Morgan fingerprint density at radius 2 is 1.09 bits per heavy atom. The van der Waals surface area contributed by atoms with Crippen molar-refractivity contribution in [2.24, 2.45) is 0 Å². The molecule has 0 atom stereocenters. The molecular weight excluding hydrogens is 467 g/mol. The number of nitrogens with zero attached hydrogens (tertiary/aromatic N) is 1. The van der Waals surface area contributed by atoms with Crippen molar-refractivity contribution < 1.29 is 0 Å². The molecule has 0 saturated carbocycles. The normalized spacial score (nSPS) is 11.0. The van der Waals surface area contributed by atoms with Crippen LogP contribution in [0.2, 0.25) is 0 Å². The Hall–Kier alpha value is -3.78. The third-order valence-corrected chi connectivity index (χ3v) is 8.14. The fourth-order valence-corrected chi connectivity index (χ4v) is 6.80. The van der Waals surface area contributed by atoms with Crippen LogP contribution in [0.5, 0.6) is 0 Å². The van der Waals surface area contributed by atoms with Crippen LogP contribution in [0.15, 0.2) is 127 Å². The van der Waals surface area contributed by atoms with E-state index in [0.717, 1.165) is 22.7 Å². The van der Waals surface area contributed by atoms with E-state index in [1.165, 1.54) is 25.0 Å². The average molecular weight is 489 g/mol. The van der Waals surface area contributed by atoms with E-state index in [9.17, 15) is 0 Å². The monoisotopic (exact) mass is 490 g/mol. The van der Waals surface area contributed by atoms with Gasteiger partial charge >= 0.3 is 200 Å². The molecule has 1 N–H and O–H groups in total. The molecule has 2 nitrogen and oxygen atoms in total. The van der Waals surface area contributed by atoms with Crippen molar-refractivity contribution in [3.8, 4) is 0 Å². The van der Waals surface area contributed by atoms with Crippen LogP contribution >= 0.6 is 0 Å². The molecule has 6 rings (SSSR count). The summed E-state index contributed by atoms with van der Waals surface area (Å²) in [5.41, 5.74) is 5.72. The molecule has 1 aromatic heterocycles. The van der Waals surface area contributed by atoms with Gasteiger partial charge in [-0.05, 0) is 0 Å². The molecule has 0 amide bonds. The molecule has 0 bridgehead atoms. The van der Waals surface area contributed by atoms with E-state index in [4.69, 9.17) is 0 Å². The number of fused-ring (bicyclic) bond motifs is 3. The zero-order valence-electron chi connectivity index (χ0n) is 18.0. The van der Waals surface area contributed by atoms with Crippen LogP contribution in [0, 0.1) is 0 Å². The Kier molecular flexibility index (Phi) is 5.20. The average Bonchev–Trinajstić information content (AvgIpc) is 3.25. The summed E-state index contributed by atoms with van der Waals surface area (Å²) in [6.45, 7) is 0. The van der Waals surface area contributed by atoms with Crippen molar-refractivity contribution in [1.29, 1.82) is 0 Å². The topological polar surface area (TPSA) is 15.3 Å². The van der Waals surface area contributed by atoms with Gasteiger partial charge in [0.25, 0.3) is 0 Å². The van der Waals surface area contributed by atoms with Gasteiger partial charge in [0.1, 0.15) is 0 Å². The molecule has 5 aromatic carbocycles. The summed E-state index contributed by atoms with van der Waals surface area (Å²) in [4.78, 5) is 2.38. The number of nitrogens with one attached hydrogen (secondary N) is 1. The van der Waals surface area contributed by atoms with E-state index < -0.39 is 0 Å². The summed E-state index contributed by atoms with van der Waals surface area (Å²) in [5, 5.41) is 6.34. The first-order valence-corrected chi connectivity index (χ1v) is 12.8. The minimum absolute atomic E-state index is 0.272. The van der Waals surface area contributed by atoms with Crippen LogP contribution in [0.3, 0.4) is 0 Å². The molecule has 6 aromatic rings. The Labute approximate surface area is 199 Å². The fraction of sp³-hybridized carbons (Fsp3) is 0. The first kappa shape index (κ1) is 19.9. The van der Waals surface area contributed by atoms with Gasteiger partial charge in [0, 0.05) is 0 Å². The number of para-hydroxylation sites is 3. The Morgan fingerprint density at radius 1 is 0.515 bits per heavy atom. The predicted molar refractivity (Wildman–Crippen MR) is 143 cm³/mol. The van der Waals surface area contributed by atoms with Crippen LogP contribution in [0.1, 0.15) is 0 Å². The van der Waals surface area contributed by atoms with Gasteiger partial charge in [-0.2, -0.15) is 0 Å². The fourth-order valence-electron chi connectivity index (χ4n) is 4.35. The Bertz CT molecular complexity index is 1480. The molecule has 33 heavy (non-hydrogen) atoms. The molecule has 0 saturated heterocycles. The van der Waals surface area contributed by atoms with Gasteiger partial charge in [0.2, 0.25) is 0 Å². The summed E-state index contributed by atoms with van der Waals surface area (Å²) in [7, 11) is 0. The van der Waals surface area contributed by atoms with Crippen LogP contribution in [0.25, 0.3) is 19.3 Å². The standard InChI is InChI=1S/C30H22N2Se/c1-4-12-22(13-5-1)31-23-20-27(30-26-18-10-11-19-28(26)33-29(30)21-23)32(24-14-6-2-7-15-24)25-16-8-3-9-17-25/h1-21,31H. The van der Waals surface area contributed by atoms with Crippen LogP contribution in [-0.4, -0.2) is 14.5 Å². The number of anilines is 5. The van der Waals surface area contributed by atoms with Gasteiger partial charge < -0.3 is 0 Å². The van der Waals surface area contributed by atoms with Gasteiger partial charge in [-0.1, -0.05) is 0 Å². The van der Waals surface area contributed by atoms with E-state index in [2.05, 4.69) is 132 Å². The minimum atomic E-state index is 0.272. The molecular formula is C30H22N2Se. The van der Waals surface area contributed by atoms with E-state index in [0.29, 0.717) is 0 Å². The van der Waals surface area contributed by atoms with Crippen molar-refractivity contribution in [2.75, 3.05) is 10.2 Å². The second kappa shape index (κ2) is 8.63. The molecule has 0 aliphatic rings. The van der Waals surface area contributed by atoms with Crippen molar-refractivity contribution in [3.05, 3.63) is 127 Å². The molecule has 0 aliphatic heterocycles. The maximum atomic E-state index is 3.64. The van der Waals surface area contributed by atoms with E-state index >= 15 is 0 Å². The molecule has 0 spiro atoms. The van der Waals surface area contributed by atoms with Gasteiger partial charge in [-0.15, -0.1) is 0 Å². The van der Waals surface area contributed by atoms with Crippen LogP contribution in [-0.2, 0) is 0 Å². The second-order valence-corrected chi connectivity index (χ2v) is 10.2.